The van der Waals surface area contributed by atoms with E-state index in [4.69, 9.17) is 5.73 Å². The Labute approximate surface area is 73.7 Å². The third kappa shape index (κ3) is 1.61. The van der Waals surface area contributed by atoms with Crippen LogP contribution in [0.3, 0.4) is 0 Å². The summed E-state index contributed by atoms with van der Waals surface area (Å²) in [6, 6.07) is 0.684. The van der Waals surface area contributed by atoms with E-state index in [1.807, 2.05) is 0 Å². The van der Waals surface area contributed by atoms with Crippen molar-refractivity contribution < 1.29 is 0 Å². The molecule has 0 aromatic rings. The molecule has 3 N–H and O–H groups in total. The van der Waals surface area contributed by atoms with Crippen LogP contribution in [0.25, 0.3) is 0 Å². The summed E-state index contributed by atoms with van der Waals surface area (Å²) in [5.74, 6) is 0. The highest BCUT2D eigenvalue weighted by Gasteiger charge is 2.29. The summed E-state index contributed by atoms with van der Waals surface area (Å²) < 4.78 is 0. The molecule has 0 aromatic carbocycles. The number of likely N-dealkylation sites (N-methyl/N-ethyl adjacent to an activating group) is 1. The molecule has 2 saturated heterocycles. The van der Waals surface area contributed by atoms with Crippen molar-refractivity contribution in [3.05, 3.63) is 0 Å². The Morgan fingerprint density at radius 3 is 2.67 bits per heavy atom. The van der Waals surface area contributed by atoms with Crippen LogP contribution in [0.4, 0.5) is 0 Å². The van der Waals surface area contributed by atoms with Gasteiger partial charge in [0.25, 0.3) is 0 Å². The molecule has 70 valence electrons. The molecule has 2 atom stereocenters. The molecular weight excluding hydrogens is 152 g/mol. The van der Waals surface area contributed by atoms with E-state index in [-0.39, 0.29) is 6.17 Å². The quantitative estimate of drug-likeness (QED) is 0.540. The molecule has 0 aromatic heterocycles. The molecule has 1 unspecified atom stereocenters. The standard InChI is InChI=1S/C8H18N4/c1-11-4-2-7(6-11)12-5-3-8(9)10-12/h7-8,10H,2-6,9H2,1H3/t7-,8?/m1/s1. The van der Waals surface area contributed by atoms with Gasteiger partial charge in [-0.1, -0.05) is 0 Å². The van der Waals surface area contributed by atoms with Gasteiger partial charge in [0.1, 0.15) is 0 Å². The van der Waals surface area contributed by atoms with Gasteiger partial charge in [-0.15, -0.1) is 0 Å². The zero-order chi connectivity index (χ0) is 8.55. The fraction of sp³-hybridized carbons (Fsp3) is 1.00. The molecule has 4 heteroatoms. The maximum absolute atomic E-state index is 5.76. The van der Waals surface area contributed by atoms with Crippen molar-refractivity contribution >= 4 is 0 Å². The van der Waals surface area contributed by atoms with Gasteiger partial charge in [-0.25, -0.2) is 10.4 Å². The molecule has 0 radical (unpaired) electrons. The first-order chi connectivity index (χ1) is 5.75. The molecule has 0 bridgehead atoms. The van der Waals surface area contributed by atoms with E-state index in [0.29, 0.717) is 6.04 Å². The molecule has 0 saturated carbocycles. The first kappa shape index (κ1) is 8.44. The van der Waals surface area contributed by atoms with Crippen LogP contribution in [-0.4, -0.2) is 48.8 Å². The van der Waals surface area contributed by atoms with Crippen LogP contribution < -0.4 is 11.2 Å². The van der Waals surface area contributed by atoms with E-state index >= 15 is 0 Å². The Bertz CT molecular complexity index is 143. The normalized spacial score (nSPS) is 39.5. The molecule has 0 amide bonds. The molecular formula is C8H18N4. The number of nitrogens with one attached hydrogen (secondary N) is 1. The van der Waals surface area contributed by atoms with Gasteiger partial charge in [0.05, 0.1) is 6.17 Å². The van der Waals surface area contributed by atoms with Gasteiger partial charge in [-0.05, 0) is 26.4 Å². The zero-order valence-electron chi connectivity index (χ0n) is 7.66. The summed E-state index contributed by atoms with van der Waals surface area (Å²) in [5.41, 5.74) is 9.06. The van der Waals surface area contributed by atoms with Crippen molar-refractivity contribution in [2.45, 2.75) is 25.0 Å². The Balaban J connectivity index is 1.85. The van der Waals surface area contributed by atoms with Gasteiger partial charge in [-0.2, -0.15) is 0 Å². The average Bonchev–Trinajstić information content (AvgIpc) is 2.58. The Hall–Kier alpha value is -0.160. The number of hydrogen-bond donors (Lipinski definition) is 2. The second kappa shape index (κ2) is 3.30. The van der Waals surface area contributed by atoms with Gasteiger partial charge in [-0.3, -0.25) is 0 Å². The lowest BCUT2D eigenvalue weighted by Gasteiger charge is -2.23. The third-order valence-electron chi connectivity index (χ3n) is 2.82. The smallest absolute Gasteiger partial charge is 0.0694 e. The zero-order valence-corrected chi connectivity index (χ0v) is 7.66. The summed E-state index contributed by atoms with van der Waals surface area (Å²) in [6.45, 7) is 3.51. The highest BCUT2D eigenvalue weighted by Crippen LogP contribution is 2.15. The van der Waals surface area contributed by atoms with Crippen LogP contribution >= 0.6 is 0 Å². The van der Waals surface area contributed by atoms with Crippen molar-refractivity contribution in [1.82, 2.24) is 15.3 Å². The van der Waals surface area contributed by atoms with E-state index in [9.17, 15) is 0 Å². The number of nitrogens with zero attached hydrogens (tertiary/aromatic N) is 2. The van der Waals surface area contributed by atoms with E-state index in [2.05, 4.69) is 22.4 Å². The molecule has 12 heavy (non-hydrogen) atoms. The fourth-order valence-corrected chi connectivity index (χ4v) is 2.07. The summed E-state index contributed by atoms with van der Waals surface area (Å²) in [7, 11) is 2.18. The lowest BCUT2D eigenvalue weighted by Crippen LogP contribution is -2.46. The second-order valence-corrected chi connectivity index (χ2v) is 3.92. The molecule has 0 spiro atoms. The molecule has 2 fully saturated rings. The first-order valence-corrected chi connectivity index (χ1v) is 4.72. The second-order valence-electron chi connectivity index (χ2n) is 3.92. The van der Waals surface area contributed by atoms with E-state index in [1.54, 1.807) is 0 Å². The van der Waals surface area contributed by atoms with E-state index in [1.165, 1.54) is 19.5 Å². The molecule has 2 aliphatic heterocycles. The SMILES string of the molecule is CN1CC[C@@H](N2CCC(N)N2)C1. The van der Waals surface area contributed by atoms with Crippen LogP contribution in [0.15, 0.2) is 0 Å². The average molecular weight is 170 g/mol. The van der Waals surface area contributed by atoms with E-state index < -0.39 is 0 Å². The monoisotopic (exact) mass is 170 g/mol. The predicted molar refractivity (Wildman–Crippen MR) is 48.3 cm³/mol. The van der Waals surface area contributed by atoms with Crippen LogP contribution in [0, 0.1) is 0 Å². The Morgan fingerprint density at radius 2 is 2.17 bits per heavy atom. The van der Waals surface area contributed by atoms with Crippen LogP contribution in [-0.2, 0) is 0 Å². The maximum atomic E-state index is 5.76. The lowest BCUT2D eigenvalue weighted by atomic mass is 10.2. The molecule has 2 heterocycles. The Kier molecular flexibility index (Phi) is 2.32. The van der Waals surface area contributed by atoms with Gasteiger partial charge < -0.3 is 10.6 Å². The minimum atomic E-state index is 0.191. The van der Waals surface area contributed by atoms with Gasteiger partial charge in [0.15, 0.2) is 0 Å². The first-order valence-electron chi connectivity index (χ1n) is 4.72. The van der Waals surface area contributed by atoms with Gasteiger partial charge >= 0.3 is 0 Å². The number of hydrazine groups is 1. The molecule has 4 nitrogen and oxygen atoms in total. The van der Waals surface area contributed by atoms with Crippen molar-refractivity contribution in [2.75, 3.05) is 26.7 Å². The van der Waals surface area contributed by atoms with Crippen molar-refractivity contribution in [2.24, 2.45) is 5.73 Å². The van der Waals surface area contributed by atoms with Crippen molar-refractivity contribution in [3.8, 4) is 0 Å². The van der Waals surface area contributed by atoms with Gasteiger partial charge in [0, 0.05) is 19.1 Å². The third-order valence-corrected chi connectivity index (χ3v) is 2.82. The number of rotatable bonds is 1. The molecule has 0 aliphatic carbocycles. The van der Waals surface area contributed by atoms with Gasteiger partial charge in [0.2, 0.25) is 0 Å². The maximum Gasteiger partial charge on any atom is 0.0694 e. The predicted octanol–water partition coefficient (Wildman–Crippen LogP) is -0.814. The summed E-state index contributed by atoms with van der Waals surface area (Å²) in [5, 5.41) is 2.31. The fourth-order valence-electron chi connectivity index (χ4n) is 2.07. The number of hydrogen-bond acceptors (Lipinski definition) is 4. The van der Waals surface area contributed by atoms with Crippen molar-refractivity contribution in [3.63, 3.8) is 0 Å². The minimum Gasteiger partial charge on any atom is -0.315 e. The highest BCUT2D eigenvalue weighted by molar-refractivity contribution is 4.83. The van der Waals surface area contributed by atoms with E-state index in [0.717, 1.165) is 13.0 Å². The summed E-state index contributed by atoms with van der Waals surface area (Å²) in [6.07, 6.45) is 2.55. The lowest BCUT2D eigenvalue weighted by molar-refractivity contribution is 0.166. The van der Waals surface area contributed by atoms with Crippen LogP contribution in [0.1, 0.15) is 12.8 Å². The summed E-state index contributed by atoms with van der Waals surface area (Å²) in [4.78, 5) is 2.37. The van der Waals surface area contributed by atoms with Crippen LogP contribution in [0.2, 0.25) is 0 Å². The topological polar surface area (TPSA) is 44.5 Å². The van der Waals surface area contributed by atoms with Crippen molar-refractivity contribution in [1.29, 1.82) is 0 Å². The number of nitrogens with two attached hydrogens (primary N) is 1. The summed E-state index contributed by atoms with van der Waals surface area (Å²) >= 11 is 0. The number of likely N-dealkylation sites (tertiary alicyclic amines) is 1. The Morgan fingerprint density at radius 1 is 1.33 bits per heavy atom. The molecule has 2 aliphatic rings. The van der Waals surface area contributed by atoms with Crippen LogP contribution in [0.5, 0.6) is 0 Å². The largest absolute Gasteiger partial charge is 0.315 e. The minimum absolute atomic E-state index is 0.191. The highest BCUT2D eigenvalue weighted by atomic mass is 15.6. The molecule has 2 rings (SSSR count).